The van der Waals surface area contributed by atoms with Crippen molar-refractivity contribution in [3.63, 3.8) is 0 Å². The molecule has 0 fully saturated rings. The SMILES string of the molecule is CCC(C)(CO)CNc1cccc(Br)c1. The number of hydrogen-bond acceptors (Lipinski definition) is 2. The Kier molecular flexibility index (Phi) is 4.61. The molecule has 0 bridgehead atoms. The molecule has 0 radical (unpaired) electrons. The highest BCUT2D eigenvalue weighted by molar-refractivity contribution is 9.10. The first-order chi connectivity index (χ1) is 7.09. The van der Waals surface area contributed by atoms with Crippen molar-refractivity contribution in [3.8, 4) is 0 Å². The summed E-state index contributed by atoms with van der Waals surface area (Å²) >= 11 is 3.43. The minimum absolute atomic E-state index is 0.0394. The van der Waals surface area contributed by atoms with Gasteiger partial charge in [-0.3, -0.25) is 0 Å². The maximum absolute atomic E-state index is 9.27. The average molecular weight is 272 g/mol. The van der Waals surface area contributed by atoms with Crippen LogP contribution in [0.15, 0.2) is 28.7 Å². The molecule has 0 amide bonds. The van der Waals surface area contributed by atoms with Crippen LogP contribution in [0.2, 0.25) is 0 Å². The van der Waals surface area contributed by atoms with E-state index in [0.717, 1.165) is 23.1 Å². The first-order valence-electron chi connectivity index (χ1n) is 5.20. The first-order valence-corrected chi connectivity index (χ1v) is 5.99. The maximum atomic E-state index is 9.27. The molecule has 0 aliphatic rings. The molecule has 0 heterocycles. The summed E-state index contributed by atoms with van der Waals surface area (Å²) in [5, 5.41) is 12.6. The minimum atomic E-state index is -0.0394. The van der Waals surface area contributed by atoms with Crippen LogP contribution < -0.4 is 5.32 Å². The van der Waals surface area contributed by atoms with Gasteiger partial charge in [-0.05, 0) is 24.6 Å². The van der Waals surface area contributed by atoms with E-state index in [4.69, 9.17) is 0 Å². The molecule has 84 valence electrons. The van der Waals surface area contributed by atoms with Gasteiger partial charge in [0.1, 0.15) is 0 Å². The van der Waals surface area contributed by atoms with Crippen molar-refractivity contribution in [2.75, 3.05) is 18.5 Å². The number of aliphatic hydroxyl groups excluding tert-OH is 1. The molecule has 15 heavy (non-hydrogen) atoms. The van der Waals surface area contributed by atoms with Gasteiger partial charge in [-0.2, -0.15) is 0 Å². The number of benzene rings is 1. The standard InChI is InChI=1S/C12H18BrNO/c1-3-12(2,9-15)8-14-11-6-4-5-10(13)7-11/h4-7,14-15H,3,8-9H2,1-2H3. The molecule has 0 aliphatic carbocycles. The van der Waals surface area contributed by atoms with Crippen LogP contribution in [0.25, 0.3) is 0 Å². The van der Waals surface area contributed by atoms with Crippen LogP contribution in [-0.2, 0) is 0 Å². The van der Waals surface area contributed by atoms with Crippen LogP contribution in [0.3, 0.4) is 0 Å². The van der Waals surface area contributed by atoms with E-state index in [1.54, 1.807) is 0 Å². The van der Waals surface area contributed by atoms with Gasteiger partial charge in [0.05, 0.1) is 6.61 Å². The van der Waals surface area contributed by atoms with Gasteiger partial charge in [0, 0.05) is 22.1 Å². The zero-order valence-electron chi connectivity index (χ0n) is 9.26. The number of aliphatic hydroxyl groups is 1. The maximum Gasteiger partial charge on any atom is 0.0501 e. The normalized spacial score (nSPS) is 14.7. The zero-order chi connectivity index (χ0) is 11.3. The zero-order valence-corrected chi connectivity index (χ0v) is 10.8. The van der Waals surface area contributed by atoms with Crippen molar-refractivity contribution in [1.29, 1.82) is 0 Å². The van der Waals surface area contributed by atoms with E-state index < -0.39 is 0 Å². The molecular formula is C12H18BrNO. The third-order valence-corrected chi connectivity index (χ3v) is 3.27. The highest BCUT2D eigenvalue weighted by Gasteiger charge is 2.20. The number of hydrogen-bond donors (Lipinski definition) is 2. The molecule has 1 rings (SSSR count). The van der Waals surface area contributed by atoms with E-state index in [9.17, 15) is 5.11 Å². The molecule has 1 aromatic carbocycles. The van der Waals surface area contributed by atoms with Crippen LogP contribution in [0.5, 0.6) is 0 Å². The van der Waals surface area contributed by atoms with E-state index in [-0.39, 0.29) is 12.0 Å². The topological polar surface area (TPSA) is 32.3 Å². The van der Waals surface area contributed by atoms with Crippen molar-refractivity contribution >= 4 is 21.6 Å². The Hall–Kier alpha value is -0.540. The number of nitrogens with one attached hydrogen (secondary N) is 1. The number of rotatable bonds is 5. The first kappa shape index (κ1) is 12.5. The van der Waals surface area contributed by atoms with Gasteiger partial charge in [-0.25, -0.2) is 0 Å². The quantitative estimate of drug-likeness (QED) is 0.862. The van der Waals surface area contributed by atoms with Crippen molar-refractivity contribution in [1.82, 2.24) is 0 Å². The summed E-state index contributed by atoms with van der Waals surface area (Å²) in [5.41, 5.74) is 1.04. The minimum Gasteiger partial charge on any atom is -0.396 e. The van der Waals surface area contributed by atoms with Crippen molar-refractivity contribution < 1.29 is 5.11 Å². The molecule has 0 saturated carbocycles. The average Bonchev–Trinajstić information content (AvgIpc) is 2.26. The predicted octanol–water partition coefficient (Wildman–Crippen LogP) is 3.27. The lowest BCUT2D eigenvalue weighted by Crippen LogP contribution is -2.29. The molecule has 2 nitrogen and oxygen atoms in total. The summed E-state index contributed by atoms with van der Waals surface area (Å²) in [6.07, 6.45) is 0.963. The lowest BCUT2D eigenvalue weighted by atomic mass is 9.88. The van der Waals surface area contributed by atoms with E-state index in [1.807, 2.05) is 24.3 Å². The second-order valence-corrected chi connectivity index (χ2v) is 5.10. The Labute approximate surface area is 99.8 Å². The largest absolute Gasteiger partial charge is 0.396 e. The lowest BCUT2D eigenvalue weighted by Gasteiger charge is -2.26. The van der Waals surface area contributed by atoms with E-state index >= 15 is 0 Å². The highest BCUT2D eigenvalue weighted by atomic mass is 79.9. The molecule has 0 saturated heterocycles. The molecule has 0 aromatic heterocycles. The monoisotopic (exact) mass is 271 g/mol. The fourth-order valence-corrected chi connectivity index (χ4v) is 1.61. The highest BCUT2D eigenvalue weighted by Crippen LogP contribution is 2.22. The Morgan fingerprint density at radius 3 is 2.73 bits per heavy atom. The third-order valence-electron chi connectivity index (χ3n) is 2.78. The summed E-state index contributed by atoms with van der Waals surface area (Å²) < 4.78 is 1.06. The molecule has 1 atom stereocenters. The van der Waals surface area contributed by atoms with Gasteiger partial charge < -0.3 is 10.4 Å². The summed E-state index contributed by atoms with van der Waals surface area (Å²) in [6, 6.07) is 8.05. The van der Waals surface area contributed by atoms with Gasteiger partial charge in [0.25, 0.3) is 0 Å². The number of halogens is 1. The van der Waals surface area contributed by atoms with Crippen LogP contribution in [0.1, 0.15) is 20.3 Å². The Morgan fingerprint density at radius 1 is 1.47 bits per heavy atom. The molecular weight excluding hydrogens is 254 g/mol. The fraction of sp³-hybridized carbons (Fsp3) is 0.500. The third kappa shape index (κ3) is 3.84. The predicted molar refractivity (Wildman–Crippen MR) is 68.1 cm³/mol. The Morgan fingerprint density at radius 2 is 2.20 bits per heavy atom. The second-order valence-electron chi connectivity index (χ2n) is 4.19. The number of anilines is 1. The van der Waals surface area contributed by atoms with E-state index in [0.29, 0.717) is 0 Å². The molecule has 1 unspecified atom stereocenters. The van der Waals surface area contributed by atoms with Gasteiger partial charge in [-0.15, -0.1) is 0 Å². The van der Waals surface area contributed by atoms with Crippen LogP contribution >= 0.6 is 15.9 Å². The smallest absolute Gasteiger partial charge is 0.0501 e. The van der Waals surface area contributed by atoms with Gasteiger partial charge in [0.2, 0.25) is 0 Å². The second kappa shape index (κ2) is 5.52. The van der Waals surface area contributed by atoms with Crippen LogP contribution in [0, 0.1) is 5.41 Å². The van der Waals surface area contributed by atoms with Gasteiger partial charge >= 0.3 is 0 Å². The summed E-state index contributed by atoms with van der Waals surface area (Å²) in [5.74, 6) is 0. The van der Waals surface area contributed by atoms with Crippen molar-refractivity contribution in [2.24, 2.45) is 5.41 Å². The van der Waals surface area contributed by atoms with E-state index in [1.165, 1.54) is 0 Å². The van der Waals surface area contributed by atoms with E-state index in [2.05, 4.69) is 35.1 Å². The summed E-state index contributed by atoms with van der Waals surface area (Å²) in [4.78, 5) is 0. The van der Waals surface area contributed by atoms with Crippen molar-refractivity contribution in [2.45, 2.75) is 20.3 Å². The van der Waals surface area contributed by atoms with Gasteiger partial charge in [0.15, 0.2) is 0 Å². The summed E-state index contributed by atoms with van der Waals surface area (Å²) in [7, 11) is 0. The van der Waals surface area contributed by atoms with Crippen LogP contribution in [-0.4, -0.2) is 18.3 Å². The molecule has 0 spiro atoms. The van der Waals surface area contributed by atoms with Crippen molar-refractivity contribution in [3.05, 3.63) is 28.7 Å². The molecule has 2 N–H and O–H groups in total. The van der Waals surface area contributed by atoms with Gasteiger partial charge in [-0.1, -0.05) is 35.8 Å². The molecule has 3 heteroatoms. The fourth-order valence-electron chi connectivity index (χ4n) is 1.21. The Balaban J connectivity index is 2.56. The lowest BCUT2D eigenvalue weighted by molar-refractivity contribution is 0.149. The molecule has 0 aliphatic heterocycles. The van der Waals surface area contributed by atoms with Crippen LogP contribution in [0.4, 0.5) is 5.69 Å². The summed E-state index contributed by atoms with van der Waals surface area (Å²) in [6.45, 7) is 5.18. The molecule has 1 aromatic rings. The Bertz CT molecular complexity index is 310.